The summed E-state index contributed by atoms with van der Waals surface area (Å²) < 4.78 is 34.5. The largest absolute Gasteiger partial charge is 0.497 e. The van der Waals surface area contributed by atoms with Gasteiger partial charge in [0, 0.05) is 24.0 Å². The summed E-state index contributed by atoms with van der Waals surface area (Å²) in [5.74, 6) is -0.0436. The molecule has 11 heteroatoms. The SMILES string of the molecule is COc1ccc(S(=O)(=O)n2c(=O)n(C(C(=O)NCc3cccnc3)c3ccccc3)c3cc(Cl)ccc32)cc1. The highest BCUT2D eigenvalue weighted by Gasteiger charge is 2.32. The molecule has 0 bridgehead atoms. The second kappa shape index (κ2) is 10.8. The van der Waals surface area contributed by atoms with Crippen molar-refractivity contribution in [1.82, 2.24) is 18.8 Å². The van der Waals surface area contributed by atoms with Crippen molar-refractivity contribution in [3.63, 3.8) is 0 Å². The molecule has 2 heterocycles. The van der Waals surface area contributed by atoms with Gasteiger partial charge in [0.25, 0.3) is 10.0 Å². The van der Waals surface area contributed by atoms with Crippen molar-refractivity contribution >= 4 is 38.6 Å². The van der Waals surface area contributed by atoms with Crippen LogP contribution in [0.4, 0.5) is 0 Å². The topological polar surface area (TPSA) is 112 Å². The molecule has 1 amide bonds. The Kier molecular flexibility index (Phi) is 7.23. The lowest BCUT2D eigenvalue weighted by Crippen LogP contribution is -2.39. The minimum absolute atomic E-state index is 0.0845. The third-order valence-corrected chi connectivity index (χ3v) is 8.14. The van der Waals surface area contributed by atoms with E-state index in [1.807, 2.05) is 6.07 Å². The molecular weight excluding hydrogens is 540 g/mol. The monoisotopic (exact) mass is 562 g/mol. The van der Waals surface area contributed by atoms with E-state index >= 15 is 0 Å². The normalized spacial score (nSPS) is 12.3. The van der Waals surface area contributed by atoms with Crippen LogP contribution in [-0.4, -0.2) is 35.0 Å². The van der Waals surface area contributed by atoms with E-state index in [0.29, 0.717) is 15.3 Å². The first kappa shape index (κ1) is 26.2. The molecule has 9 nitrogen and oxygen atoms in total. The van der Waals surface area contributed by atoms with Crippen LogP contribution in [0.5, 0.6) is 5.75 Å². The summed E-state index contributed by atoms with van der Waals surface area (Å²) in [5.41, 5.74) is 0.617. The summed E-state index contributed by atoms with van der Waals surface area (Å²) in [6.45, 7) is 0.161. The Morgan fingerprint density at radius 3 is 2.41 bits per heavy atom. The molecule has 5 aromatic rings. The second-order valence-electron chi connectivity index (χ2n) is 8.62. The Hall–Kier alpha value is -4.41. The molecule has 39 heavy (non-hydrogen) atoms. The zero-order chi connectivity index (χ0) is 27.6. The average molecular weight is 563 g/mol. The molecule has 1 N–H and O–H groups in total. The number of methoxy groups -OCH3 is 1. The first-order valence-electron chi connectivity index (χ1n) is 11.8. The molecule has 5 rings (SSSR count). The first-order valence-corrected chi connectivity index (χ1v) is 13.7. The number of halogens is 1. The zero-order valence-corrected chi connectivity index (χ0v) is 22.3. The minimum atomic E-state index is -4.37. The molecule has 1 atom stereocenters. The summed E-state index contributed by atoms with van der Waals surface area (Å²) in [7, 11) is -2.90. The third-order valence-electron chi connectivity index (χ3n) is 6.20. The van der Waals surface area contributed by atoms with E-state index in [2.05, 4.69) is 10.3 Å². The number of benzene rings is 3. The maximum atomic E-state index is 14.0. The summed E-state index contributed by atoms with van der Waals surface area (Å²) in [5, 5.41) is 3.13. The average Bonchev–Trinajstić information content (AvgIpc) is 3.24. The fourth-order valence-corrected chi connectivity index (χ4v) is 5.91. The van der Waals surface area contributed by atoms with Crippen LogP contribution in [0.25, 0.3) is 11.0 Å². The smallest absolute Gasteiger partial charge is 0.344 e. The van der Waals surface area contributed by atoms with Gasteiger partial charge >= 0.3 is 5.69 Å². The molecule has 0 aliphatic carbocycles. The lowest BCUT2D eigenvalue weighted by Gasteiger charge is -2.19. The van der Waals surface area contributed by atoms with Gasteiger partial charge in [0.15, 0.2) is 0 Å². The predicted octanol–water partition coefficient (Wildman–Crippen LogP) is 4.00. The number of nitrogens with one attached hydrogen (secondary N) is 1. The highest BCUT2D eigenvalue weighted by atomic mass is 35.5. The van der Waals surface area contributed by atoms with Gasteiger partial charge in [0.1, 0.15) is 11.8 Å². The Bertz CT molecular complexity index is 1800. The number of carbonyl (C=O) groups excluding carboxylic acids is 1. The van der Waals surface area contributed by atoms with E-state index in [1.54, 1.807) is 48.8 Å². The third kappa shape index (κ3) is 5.04. The maximum Gasteiger partial charge on any atom is 0.344 e. The van der Waals surface area contributed by atoms with Gasteiger partial charge in [-0.1, -0.05) is 48.0 Å². The Balaban J connectivity index is 1.70. The van der Waals surface area contributed by atoms with Crippen LogP contribution in [0.15, 0.2) is 107 Å². The Morgan fingerprint density at radius 1 is 1.00 bits per heavy atom. The van der Waals surface area contributed by atoms with E-state index in [0.717, 1.165) is 10.1 Å². The fraction of sp³-hybridized carbons (Fsp3) is 0.107. The van der Waals surface area contributed by atoms with Crippen LogP contribution < -0.4 is 15.7 Å². The Morgan fingerprint density at radius 2 is 1.74 bits per heavy atom. The number of carbonyl (C=O) groups is 1. The number of amides is 1. The van der Waals surface area contributed by atoms with Gasteiger partial charge < -0.3 is 10.1 Å². The first-order chi connectivity index (χ1) is 18.8. The van der Waals surface area contributed by atoms with Crippen LogP contribution in [0.1, 0.15) is 17.2 Å². The van der Waals surface area contributed by atoms with Crippen molar-refractivity contribution in [2.45, 2.75) is 17.5 Å². The molecule has 0 spiro atoms. The number of imidazole rings is 1. The molecule has 0 fully saturated rings. The van der Waals surface area contributed by atoms with Gasteiger partial charge in [0.05, 0.1) is 23.0 Å². The summed E-state index contributed by atoms with van der Waals surface area (Å²) in [6, 6.07) is 21.1. The van der Waals surface area contributed by atoms with Crippen molar-refractivity contribution < 1.29 is 17.9 Å². The van der Waals surface area contributed by atoms with Crippen molar-refractivity contribution in [3.05, 3.63) is 124 Å². The highest BCUT2D eigenvalue weighted by molar-refractivity contribution is 7.90. The molecule has 0 radical (unpaired) electrons. The van der Waals surface area contributed by atoms with Gasteiger partial charge in [-0.15, -0.1) is 0 Å². The lowest BCUT2D eigenvalue weighted by atomic mass is 10.1. The van der Waals surface area contributed by atoms with Gasteiger partial charge in [-0.3, -0.25) is 14.3 Å². The van der Waals surface area contributed by atoms with Crippen molar-refractivity contribution in [3.8, 4) is 5.75 Å². The van der Waals surface area contributed by atoms with E-state index in [-0.39, 0.29) is 27.5 Å². The van der Waals surface area contributed by atoms with Gasteiger partial charge in [-0.05, 0) is 59.7 Å². The molecular formula is C28H23ClN4O5S. The second-order valence-corrected chi connectivity index (χ2v) is 10.8. The standard InChI is InChI=1S/C28H23ClN4O5S/c1-38-22-10-12-23(13-11-22)39(36,37)33-24-14-9-21(29)16-25(24)32(28(33)35)26(20-7-3-2-4-8-20)27(34)31-18-19-6-5-15-30-17-19/h2-17,26H,18H2,1H3,(H,31,34). The minimum Gasteiger partial charge on any atom is -0.497 e. The zero-order valence-electron chi connectivity index (χ0n) is 20.7. The van der Waals surface area contributed by atoms with Crippen molar-refractivity contribution in [1.29, 1.82) is 0 Å². The number of aromatic nitrogens is 3. The number of fused-ring (bicyclic) bond motifs is 1. The predicted molar refractivity (Wildman–Crippen MR) is 147 cm³/mol. The van der Waals surface area contributed by atoms with Crippen molar-refractivity contribution in [2.24, 2.45) is 0 Å². The van der Waals surface area contributed by atoms with Crippen LogP contribution in [0.2, 0.25) is 5.02 Å². The summed E-state index contributed by atoms with van der Waals surface area (Å²) in [4.78, 5) is 31.7. The van der Waals surface area contributed by atoms with E-state index in [1.165, 1.54) is 49.6 Å². The molecule has 0 saturated carbocycles. The quantitative estimate of drug-likeness (QED) is 0.306. The number of pyridine rings is 1. The van der Waals surface area contributed by atoms with Gasteiger partial charge in [-0.2, -0.15) is 3.97 Å². The summed E-state index contributed by atoms with van der Waals surface area (Å²) in [6.07, 6.45) is 3.25. The molecule has 198 valence electrons. The number of hydrogen-bond acceptors (Lipinski definition) is 6. The Labute approximate surface area is 229 Å². The van der Waals surface area contributed by atoms with Crippen LogP contribution in [0.3, 0.4) is 0 Å². The number of hydrogen-bond donors (Lipinski definition) is 1. The maximum absolute atomic E-state index is 14.0. The highest BCUT2D eigenvalue weighted by Crippen LogP contribution is 2.28. The lowest BCUT2D eigenvalue weighted by molar-refractivity contribution is -0.123. The molecule has 1 unspecified atom stereocenters. The van der Waals surface area contributed by atoms with Gasteiger partial charge in [-0.25, -0.2) is 13.2 Å². The summed E-state index contributed by atoms with van der Waals surface area (Å²) >= 11 is 6.29. The molecule has 2 aromatic heterocycles. The van der Waals surface area contributed by atoms with Crippen LogP contribution in [-0.2, 0) is 21.4 Å². The molecule has 0 aliphatic rings. The van der Waals surface area contributed by atoms with E-state index in [9.17, 15) is 18.0 Å². The van der Waals surface area contributed by atoms with Crippen LogP contribution in [0, 0.1) is 0 Å². The number of rotatable bonds is 8. The molecule has 3 aromatic carbocycles. The van der Waals surface area contributed by atoms with Gasteiger partial charge in [0.2, 0.25) is 5.91 Å². The fourth-order valence-electron chi connectivity index (χ4n) is 4.34. The van der Waals surface area contributed by atoms with Crippen molar-refractivity contribution in [2.75, 3.05) is 7.11 Å². The number of ether oxygens (including phenoxy) is 1. The van der Waals surface area contributed by atoms with Crippen LogP contribution >= 0.6 is 11.6 Å². The molecule has 0 aliphatic heterocycles. The molecule has 0 saturated heterocycles. The van der Waals surface area contributed by atoms with E-state index in [4.69, 9.17) is 16.3 Å². The number of nitrogens with zero attached hydrogens (tertiary/aromatic N) is 3. The van der Waals surface area contributed by atoms with E-state index < -0.39 is 27.7 Å².